The molecular weight excluding hydrogens is 242 g/mol. The van der Waals surface area contributed by atoms with Crippen molar-refractivity contribution in [3.8, 4) is 0 Å². The number of fused-ring (bicyclic) bond motifs is 4. The summed E-state index contributed by atoms with van der Waals surface area (Å²) in [6.45, 7) is 4.90. The molecule has 0 unspecified atom stereocenters. The number of hydrogen-bond acceptors (Lipinski definition) is 0. The molecule has 1 aliphatic heterocycles. The molecule has 0 aromatic heterocycles. The number of likely N-dealkylation sites (tertiary alicyclic amines) is 1. The lowest BCUT2D eigenvalue weighted by Crippen LogP contribution is -2.39. The van der Waals surface area contributed by atoms with E-state index in [1.54, 1.807) is 5.57 Å². The van der Waals surface area contributed by atoms with Gasteiger partial charge in [-0.3, -0.25) is 0 Å². The van der Waals surface area contributed by atoms with E-state index in [4.69, 9.17) is 0 Å². The van der Waals surface area contributed by atoms with Crippen molar-refractivity contribution in [3.05, 3.63) is 53.1 Å². The normalized spacial score (nSPS) is 27.1. The van der Waals surface area contributed by atoms with Gasteiger partial charge >= 0.3 is 0 Å². The van der Waals surface area contributed by atoms with Gasteiger partial charge in [0.15, 0.2) is 0 Å². The van der Waals surface area contributed by atoms with E-state index in [0.29, 0.717) is 5.41 Å². The van der Waals surface area contributed by atoms with Crippen LogP contribution in [0.1, 0.15) is 18.1 Å². The van der Waals surface area contributed by atoms with Gasteiger partial charge in [-0.25, -0.2) is 0 Å². The molecule has 20 heavy (non-hydrogen) atoms. The maximum Gasteiger partial charge on any atom is 0.101 e. The van der Waals surface area contributed by atoms with Crippen LogP contribution in [-0.2, 0) is 6.42 Å². The summed E-state index contributed by atoms with van der Waals surface area (Å²) in [6, 6.07) is 13.4. The zero-order chi connectivity index (χ0) is 14.0. The fourth-order valence-corrected chi connectivity index (χ4v) is 4.40. The molecule has 0 radical (unpaired) electrons. The van der Waals surface area contributed by atoms with E-state index >= 15 is 0 Å². The van der Waals surface area contributed by atoms with E-state index in [1.807, 2.05) is 0 Å². The van der Waals surface area contributed by atoms with Crippen LogP contribution in [-0.4, -0.2) is 31.7 Å². The highest BCUT2D eigenvalue weighted by atomic mass is 15.3. The van der Waals surface area contributed by atoms with E-state index < -0.39 is 0 Å². The molecule has 0 amide bonds. The summed E-state index contributed by atoms with van der Waals surface area (Å²) >= 11 is 0. The van der Waals surface area contributed by atoms with Crippen molar-refractivity contribution >= 4 is 16.8 Å². The number of quaternary nitrogens is 1. The first-order chi connectivity index (χ1) is 9.47. The van der Waals surface area contributed by atoms with Gasteiger partial charge in [-0.15, -0.1) is 0 Å². The van der Waals surface area contributed by atoms with Gasteiger partial charge in [0.25, 0.3) is 0 Å². The first-order valence-corrected chi connectivity index (χ1v) is 7.51. The minimum Gasteiger partial charge on any atom is -0.324 e. The average Bonchev–Trinajstić information content (AvgIpc) is 2.63. The topological polar surface area (TPSA) is 0 Å². The minimum atomic E-state index is 0.360. The SMILES string of the molecule is C[C@@]12Cc3ccc4ccccc4c3C=C1C[N+](C)(C)C2. The molecule has 2 aliphatic rings. The second-order valence-corrected chi connectivity index (χ2v) is 7.52. The maximum absolute atomic E-state index is 2.49. The molecular formula is C19H22N+. The largest absolute Gasteiger partial charge is 0.324 e. The Hall–Kier alpha value is -1.60. The van der Waals surface area contributed by atoms with Gasteiger partial charge < -0.3 is 4.48 Å². The molecule has 0 spiro atoms. The number of likely N-dealkylation sites (N-methyl/N-ethyl adjacent to an activating group) is 1. The van der Waals surface area contributed by atoms with Crippen molar-refractivity contribution in [1.29, 1.82) is 0 Å². The molecule has 1 nitrogen and oxygen atoms in total. The Labute approximate surface area is 121 Å². The summed E-state index contributed by atoms with van der Waals surface area (Å²) in [5.41, 5.74) is 5.00. The standard InChI is InChI=1S/C19H22N/c1-19-11-15-9-8-14-6-4-5-7-17(14)18(15)10-16(19)12-20(2,3)13-19/h4-10H,11-13H2,1-3H3/q+1/t19-/m0/s1. The summed E-state index contributed by atoms with van der Waals surface area (Å²) < 4.78 is 1.12. The fraction of sp³-hybridized carbons (Fsp3) is 0.368. The van der Waals surface area contributed by atoms with Crippen LogP contribution in [0.5, 0.6) is 0 Å². The predicted octanol–water partition coefficient (Wildman–Crippen LogP) is 3.88. The van der Waals surface area contributed by atoms with Gasteiger partial charge in [0.2, 0.25) is 0 Å². The molecule has 0 bridgehead atoms. The molecule has 1 heterocycles. The predicted molar refractivity (Wildman–Crippen MR) is 85.6 cm³/mol. The quantitative estimate of drug-likeness (QED) is 0.634. The van der Waals surface area contributed by atoms with Crippen molar-refractivity contribution in [2.24, 2.45) is 5.41 Å². The minimum absolute atomic E-state index is 0.360. The monoisotopic (exact) mass is 264 g/mol. The van der Waals surface area contributed by atoms with Crippen LogP contribution in [0.15, 0.2) is 42.0 Å². The van der Waals surface area contributed by atoms with Crippen LogP contribution in [0.4, 0.5) is 0 Å². The molecule has 0 saturated carbocycles. The van der Waals surface area contributed by atoms with Crippen LogP contribution in [0.2, 0.25) is 0 Å². The third-order valence-corrected chi connectivity index (χ3v) is 5.11. The molecule has 102 valence electrons. The lowest BCUT2D eigenvalue weighted by atomic mass is 9.73. The third kappa shape index (κ3) is 1.66. The Morgan fingerprint density at radius 2 is 1.85 bits per heavy atom. The Morgan fingerprint density at radius 3 is 2.70 bits per heavy atom. The van der Waals surface area contributed by atoms with Crippen LogP contribution in [0, 0.1) is 5.41 Å². The Morgan fingerprint density at radius 1 is 1.05 bits per heavy atom. The number of benzene rings is 2. The van der Waals surface area contributed by atoms with Crippen LogP contribution >= 0.6 is 0 Å². The van der Waals surface area contributed by atoms with E-state index in [9.17, 15) is 0 Å². The fourth-order valence-electron chi connectivity index (χ4n) is 4.40. The highest BCUT2D eigenvalue weighted by Crippen LogP contribution is 2.46. The number of rotatable bonds is 0. The molecule has 1 heteroatoms. The van der Waals surface area contributed by atoms with Crippen LogP contribution < -0.4 is 0 Å². The van der Waals surface area contributed by atoms with Gasteiger partial charge in [-0.05, 0) is 46.9 Å². The van der Waals surface area contributed by atoms with E-state index in [-0.39, 0.29) is 0 Å². The summed E-state index contributed by atoms with van der Waals surface area (Å²) in [5.74, 6) is 0. The molecule has 1 atom stereocenters. The zero-order valence-corrected chi connectivity index (χ0v) is 12.6. The Balaban J connectivity index is 1.95. The lowest BCUT2D eigenvalue weighted by molar-refractivity contribution is -0.879. The van der Waals surface area contributed by atoms with Gasteiger partial charge in [0.05, 0.1) is 20.6 Å². The third-order valence-electron chi connectivity index (χ3n) is 5.11. The molecule has 1 fully saturated rings. The molecule has 0 N–H and O–H groups in total. The van der Waals surface area contributed by atoms with E-state index in [0.717, 1.165) is 4.48 Å². The second kappa shape index (κ2) is 3.73. The first-order valence-electron chi connectivity index (χ1n) is 7.51. The second-order valence-electron chi connectivity index (χ2n) is 7.52. The first kappa shape index (κ1) is 12.2. The number of nitrogens with zero attached hydrogens (tertiary/aromatic N) is 1. The summed E-state index contributed by atoms with van der Waals surface area (Å²) in [5, 5.41) is 2.77. The molecule has 1 aliphatic carbocycles. The van der Waals surface area contributed by atoms with Gasteiger partial charge in [0.1, 0.15) is 6.54 Å². The summed E-state index contributed by atoms with van der Waals surface area (Å²) in [4.78, 5) is 0. The Kier molecular flexibility index (Phi) is 2.27. The molecule has 2 aromatic rings. The van der Waals surface area contributed by atoms with E-state index in [2.05, 4.69) is 63.5 Å². The molecule has 4 rings (SSSR count). The lowest BCUT2D eigenvalue weighted by Gasteiger charge is -2.30. The molecule has 1 saturated heterocycles. The van der Waals surface area contributed by atoms with Crippen molar-refractivity contribution in [3.63, 3.8) is 0 Å². The van der Waals surface area contributed by atoms with E-state index in [1.165, 1.54) is 41.4 Å². The Bertz CT molecular complexity index is 739. The van der Waals surface area contributed by atoms with Crippen molar-refractivity contribution in [2.45, 2.75) is 13.3 Å². The van der Waals surface area contributed by atoms with Gasteiger partial charge in [-0.1, -0.05) is 36.4 Å². The average molecular weight is 264 g/mol. The van der Waals surface area contributed by atoms with Crippen molar-refractivity contribution in [2.75, 3.05) is 27.2 Å². The summed E-state index contributed by atoms with van der Waals surface area (Å²) in [7, 11) is 4.71. The van der Waals surface area contributed by atoms with Gasteiger partial charge in [-0.2, -0.15) is 0 Å². The highest BCUT2D eigenvalue weighted by Gasteiger charge is 2.46. The van der Waals surface area contributed by atoms with Crippen LogP contribution in [0.25, 0.3) is 16.8 Å². The highest BCUT2D eigenvalue weighted by molar-refractivity contribution is 5.93. The zero-order valence-electron chi connectivity index (χ0n) is 12.6. The smallest absolute Gasteiger partial charge is 0.101 e. The van der Waals surface area contributed by atoms with Crippen molar-refractivity contribution < 1.29 is 4.48 Å². The van der Waals surface area contributed by atoms with Gasteiger partial charge in [0, 0.05) is 5.41 Å². The van der Waals surface area contributed by atoms with Crippen LogP contribution in [0.3, 0.4) is 0 Å². The summed E-state index contributed by atoms with van der Waals surface area (Å²) in [6.07, 6.45) is 3.69. The molecule has 2 aromatic carbocycles. The number of hydrogen-bond donors (Lipinski definition) is 0. The maximum atomic E-state index is 2.49. The van der Waals surface area contributed by atoms with Crippen molar-refractivity contribution in [1.82, 2.24) is 0 Å².